The van der Waals surface area contributed by atoms with E-state index >= 15 is 0 Å². The van der Waals surface area contributed by atoms with Crippen molar-refractivity contribution in [2.75, 3.05) is 0 Å². The van der Waals surface area contributed by atoms with Gasteiger partial charge in [0.15, 0.2) is 0 Å². The van der Waals surface area contributed by atoms with Gasteiger partial charge in [-0.3, -0.25) is 0 Å². The third-order valence-corrected chi connectivity index (χ3v) is 7.03. The van der Waals surface area contributed by atoms with Gasteiger partial charge < -0.3 is 0 Å². The van der Waals surface area contributed by atoms with Crippen molar-refractivity contribution in [3.05, 3.63) is 35.4 Å². The topological polar surface area (TPSA) is 0 Å². The molecule has 0 spiro atoms. The fourth-order valence-electron chi connectivity index (χ4n) is 4.67. The highest BCUT2D eigenvalue weighted by molar-refractivity contribution is 5.28. The molecule has 0 fully saturated rings. The minimum atomic E-state index is 0.709. The van der Waals surface area contributed by atoms with Crippen LogP contribution in [0.25, 0.3) is 0 Å². The third-order valence-electron chi connectivity index (χ3n) is 7.03. The quantitative estimate of drug-likeness (QED) is 0.186. The molecule has 2 atom stereocenters. The van der Waals surface area contributed by atoms with Crippen LogP contribution < -0.4 is 0 Å². The molecule has 0 aliphatic heterocycles. The first-order valence-corrected chi connectivity index (χ1v) is 13.8. The average molecular weight is 415 g/mol. The number of hydrogen-bond donors (Lipinski definition) is 0. The van der Waals surface area contributed by atoms with E-state index in [0.717, 1.165) is 0 Å². The van der Waals surface area contributed by atoms with E-state index in [2.05, 4.69) is 52.0 Å². The van der Waals surface area contributed by atoms with Crippen LogP contribution in [0.15, 0.2) is 24.3 Å². The molecular formula is C30H54. The zero-order valence-electron chi connectivity index (χ0n) is 21.2. The van der Waals surface area contributed by atoms with E-state index in [0.29, 0.717) is 11.8 Å². The van der Waals surface area contributed by atoms with Crippen LogP contribution in [-0.2, 0) is 0 Å². The van der Waals surface area contributed by atoms with Gasteiger partial charge in [-0.25, -0.2) is 0 Å². The molecule has 0 saturated heterocycles. The first-order valence-electron chi connectivity index (χ1n) is 13.8. The molecule has 1 aromatic rings. The molecule has 0 radical (unpaired) electrons. The van der Waals surface area contributed by atoms with E-state index in [9.17, 15) is 0 Å². The lowest BCUT2D eigenvalue weighted by atomic mass is 9.89. The van der Waals surface area contributed by atoms with Crippen molar-refractivity contribution in [3.8, 4) is 0 Å². The summed E-state index contributed by atoms with van der Waals surface area (Å²) >= 11 is 0. The van der Waals surface area contributed by atoms with Crippen LogP contribution in [0.5, 0.6) is 0 Å². The lowest BCUT2D eigenvalue weighted by Crippen LogP contribution is -1.99. The number of rotatable bonds is 20. The van der Waals surface area contributed by atoms with E-state index in [-0.39, 0.29) is 0 Å². The van der Waals surface area contributed by atoms with E-state index < -0.39 is 0 Å². The Kier molecular flexibility index (Phi) is 17.2. The molecule has 0 heteroatoms. The Hall–Kier alpha value is -0.780. The smallest absolute Gasteiger partial charge is 0.0190 e. The Bertz CT molecular complexity index is 447. The fraction of sp³-hybridized carbons (Fsp3) is 0.800. The summed E-state index contributed by atoms with van der Waals surface area (Å²) in [4.78, 5) is 0. The molecule has 0 saturated carbocycles. The largest absolute Gasteiger partial charge is 0.0654 e. The van der Waals surface area contributed by atoms with Crippen molar-refractivity contribution in [3.63, 3.8) is 0 Å². The molecule has 0 amide bonds. The van der Waals surface area contributed by atoms with E-state index in [1.165, 1.54) is 116 Å². The molecule has 1 aromatic carbocycles. The summed E-state index contributed by atoms with van der Waals surface area (Å²) in [6, 6.07) is 9.55. The molecule has 0 N–H and O–H groups in total. The predicted octanol–water partition coefficient (Wildman–Crippen LogP) is 11.0. The molecule has 0 nitrogen and oxygen atoms in total. The van der Waals surface area contributed by atoms with Gasteiger partial charge in [0, 0.05) is 0 Å². The second-order valence-electron chi connectivity index (χ2n) is 10.00. The zero-order valence-corrected chi connectivity index (χ0v) is 21.2. The summed E-state index contributed by atoms with van der Waals surface area (Å²) in [5, 5.41) is 0. The van der Waals surface area contributed by atoms with Crippen molar-refractivity contribution in [1.29, 1.82) is 0 Å². The molecule has 1 rings (SSSR count). The van der Waals surface area contributed by atoms with Crippen LogP contribution >= 0.6 is 0 Å². The number of hydrogen-bond acceptors (Lipinski definition) is 0. The predicted molar refractivity (Wildman–Crippen MR) is 138 cm³/mol. The Balaban J connectivity index is 2.20. The van der Waals surface area contributed by atoms with Crippen LogP contribution in [0.3, 0.4) is 0 Å². The standard InChI is InChI=1S/C30H54/c1-5-7-9-11-13-15-17-19-22-27(3)29-24-21-25-30(26-29)28(4)23-20-18-16-14-12-10-8-6-2/h21,24-28H,5-20,22-23H2,1-4H3. The van der Waals surface area contributed by atoms with E-state index in [4.69, 9.17) is 0 Å². The maximum Gasteiger partial charge on any atom is -0.0190 e. The minimum Gasteiger partial charge on any atom is -0.0654 e. The van der Waals surface area contributed by atoms with Gasteiger partial charge in [0.25, 0.3) is 0 Å². The Morgan fingerprint density at radius 3 is 1.20 bits per heavy atom. The maximum atomic E-state index is 2.52. The minimum absolute atomic E-state index is 0.709. The van der Waals surface area contributed by atoms with Gasteiger partial charge in [-0.15, -0.1) is 0 Å². The van der Waals surface area contributed by atoms with Gasteiger partial charge in [0.05, 0.1) is 0 Å². The van der Waals surface area contributed by atoms with Crippen LogP contribution in [0.2, 0.25) is 0 Å². The van der Waals surface area contributed by atoms with Crippen molar-refractivity contribution >= 4 is 0 Å². The highest BCUT2D eigenvalue weighted by atomic mass is 14.2. The first kappa shape index (κ1) is 27.3. The van der Waals surface area contributed by atoms with Gasteiger partial charge in [0.1, 0.15) is 0 Å². The lowest BCUT2D eigenvalue weighted by molar-refractivity contribution is 0.539. The van der Waals surface area contributed by atoms with Crippen LogP contribution in [0.1, 0.15) is 166 Å². The summed E-state index contributed by atoms with van der Waals surface area (Å²) in [7, 11) is 0. The molecule has 174 valence electrons. The molecule has 0 aliphatic rings. The maximum absolute atomic E-state index is 2.52. The number of unbranched alkanes of at least 4 members (excludes halogenated alkanes) is 14. The second kappa shape index (κ2) is 18.9. The van der Waals surface area contributed by atoms with Gasteiger partial charge >= 0.3 is 0 Å². The van der Waals surface area contributed by atoms with Gasteiger partial charge in [-0.1, -0.05) is 155 Å². The second-order valence-corrected chi connectivity index (χ2v) is 10.00. The molecule has 0 aliphatic carbocycles. The molecular weight excluding hydrogens is 360 g/mol. The van der Waals surface area contributed by atoms with Crippen LogP contribution in [0.4, 0.5) is 0 Å². The SMILES string of the molecule is CCCCCCCCCCC(C)c1cccc(C(C)CCCCCCCCCC)c1. The third kappa shape index (κ3) is 13.5. The van der Waals surface area contributed by atoms with Crippen LogP contribution in [-0.4, -0.2) is 0 Å². The summed E-state index contributed by atoms with van der Waals surface area (Å²) in [5.41, 5.74) is 3.14. The highest BCUT2D eigenvalue weighted by Gasteiger charge is 2.10. The lowest BCUT2D eigenvalue weighted by Gasteiger charge is -2.17. The van der Waals surface area contributed by atoms with Gasteiger partial charge in [-0.2, -0.15) is 0 Å². The van der Waals surface area contributed by atoms with E-state index in [1.807, 2.05) is 0 Å². The van der Waals surface area contributed by atoms with Crippen molar-refractivity contribution in [2.24, 2.45) is 0 Å². The fourth-order valence-corrected chi connectivity index (χ4v) is 4.67. The summed E-state index contributed by atoms with van der Waals surface area (Å²) in [6.45, 7) is 9.47. The molecule has 0 heterocycles. The van der Waals surface area contributed by atoms with Crippen molar-refractivity contribution < 1.29 is 0 Å². The average Bonchev–Trinajstić information content (AvgIpc) is 2.77. The Morgan fingerprint density at radius 1 is 0.500 bits per heavy atom. The first-order chi connectivity index (χ1) is 14.7. The normalized spacial score (nSPS) is 13.5. The van der Waals surface area contributed by atoms with Crippen molar-refractivity contribution in [1.82, 2.24) is 0 Å². The van der Waals surface area contributed by atoms with Crippen molar-refractivity contribution in [2.45, 2.75) is 155 Å². The summed E-state index contributed by atoms with van der Waals surface area (Å²) in [6.07, 6.45) is 25.4. The summed E-state index contributed by atoms with van der Waals surface area (Å²) < 4.78 is 0. The van der Waals surface area contributed by atoms with Gasteiger partial charge in [0.2, 0.25) is 0 Å². The molecule has 0 bridgehead atoms. The molecule has 30 heavy (non-hydrogen) atoms. The Labute approximate surface area is 190 Å². The molecule has 0 aromatic heterocycles. The van der Waals surface area contributed by atoms with Crippen LogP contribution in [0, 0.1) is 0 Å². The Morgan fingerprint density at radius 2 is 0.833 bits per heavy atom. The van der Waals surface area contributed by atoms with E-state index in [1.54, 1.807) is 11.1 Å². The summed E-state index contributed by atoms with van der Waals surface area (Å²) in [5.74, 6) is 1.42. The molecule has 2 unspecified atom stereocenters. The monoisotopic (exact) mass is 414 g/mol. The zero-order chi connectivity index (χ0) is 21.9. The number of benzene rings is 1. The highest BCUT2D eigenvalue weighted by Crippen LogP contribution is 2.28. The van der Waals surface area contributed by atoms with Gasteiger partial charge in [-0.05, 0) is 35.8 Å².